The zero-order chi connectivity index (χ0) is 12.5. The van der Waals surface area contributed by atoms with Crippen molar-refractivity contribution in [2.45, 2.75) is 6.42 Å². The molecule has 0 spiro atoms. The second-order valence-electron chi connectivity index (χ2n) is 3.92. The highest BCUT2D eigenvalue weighted by molar-refractivity contribution is 14.1. The monoisotopic (exact) mass is 388 g/mol. The Morgan fingerprint density at radius 1 is 1.33 bits per heavy atom. The Kier molecular flexibility index (Phi) is 3.59. The van der Waals surface area contributed by atoms with E-state index in [1.54, 1.807) is 11.3 Å². The van der Waals surface area contributed by atoms with Gasteiger partial charge in [-0.05, 0) is 52.2 Å². The standard InChI is InChI=1S/C13H10ClIN2S/c14-5-3-13-16-11-7-9(15)1-2-12(11)17(13)10-4-6-18-8-10/h1-2,4,6-8H,3,5H2. The van der Waals surface area contributed by atoms with Gasteiger partial charge in [-0.3, -0.25) is 4.57 Å². The van der Waals surface area contributed by atoms with Gasteiger partial charge in [-0.2, -0.15) is 11.3 Å². The van der Waals surface area contributed by atoms with E-state index in [0.29, 0.717) is 5.88 Å². The second-order valence-corrected chi connectivity index (χ2v) is 6.32. The number of alkyl halides is 1. The summed E-state index contributed by atoms with van der Waals surface area (Å²) in [5.41, 5.74) is 3.35. The molecular weight excluding hydrogens is 379 g/mol. The molecule has 0 amide bonds. The summed E-state index contributed by atoms with van der Waals surface area (Å²) in [4.78, 5) is 4.70. The van der Waals surface area contributed by atoms with Crippen molar-refractivity contribution in [1.29, 1.82) is 0 Å². The first-order chi connectivity index (χ1) is 8.79. The smallest absolute Gasteiger partial charge is 0.115 e. The number of nitrogens with zero attached hydrogens (tertiary/aromatic N) is 2. The van der Waals surface area contributed by atoms with Crippen molar-refractivity contribution >= 4 is 56.6 Å². The molecule has 0 radical (unpaired) electrons. The third-order valence-electron chi connectivity index (χ3n) is 2.77. The zero-order valence-electron chi connectivity index (χ0n) is 9.44. The molecule has 0 aliphatic rings. The molecule has 3 rings (SSSR count). The lowest BCUT2D eigenvalue weighted by Gasteiger charge is -2.05. The molecule has 0 unspecified atom stereocenters. The number of benzene rings is 1. The SMILES string of the molecule is ClCCc1nc2cc(I)ccc2n1-c1ccsc1. The number of aryl methyl sites for hydroxylation is 1. The van der Waals surface area contributed by atoms with Gasteiger partial charge in [0, 0.05) is 21.3 Å². The summed E-state index contributed by atoms with van der Waals surface area (Å²) in [6, 6.07) is 8.45. The number of hydrogen-bond donors (Lipinski definition) is 0. The van der Waals surface area contributed by atoms with Gasteiger partial charge in [0.15, 0.2) is 0 Å². The molecule has 0 aliphatic carbocycles. The molecule has 0 bridgehead atoms. The van der Waals surface area contributed by atoms with Crippen LogP contribution in [0.15, 0.2) is 35.0 Å². The fraction of sp³-hybridized carbons (Fsp3) is 0.154. The van der Waals surface area contributed by atoms with Gasteiger partial charge in [0.05, 0.1) is 16.7 Å². The molecular formula is C13H10ClIN2S. The van der Waals surface area contributed by atoms with E-state index in [0.717, 1.165) is 23.3 Å². The van der Waals surface area contributed by atoms with Crippen LogP contribution >= 0.6 is 45.5 Å². The third kappa shape index (κ3) is 2.17. The van der Waals surface area contributed by atoms with Gasteiger partial charge < -0.3 is 0 Å². The number of rotatable bonds is 3. The molecule has 5 heteroatoms. The van der Waals surface area contributed by atoms with Crippen LogP contribution in [0.2, 0.25) is 0 Å². The van der Waals surface area contributed by atoms with Crippen molar-refractivity contribution in [1.82, 2.24) is 9.55 Å². The van der Waals surface area contributed by atoms with Gasteiger partial charge >= 0.3 is 0 Å². The second kappa shape index (κ2) is 5.19. The first kappa shape index (κ1) is 12.4. The van der Waals surface area contributed by atoms with E-state index in [9.17, 15) is 0 Å². The van der Waals surface area contributed by atoms with Crippen molar-refractivity contribution < 1.29 is 0 Å². The van der Waals surface area contributed by atoms with Crippen LogP contribution in [0.1, 0.15) is 5.82 Å². The van der Waals surface area contributed by atoms with Crippen molar-refractivity contribution in [3.05, 3.63) is 44.4 Å². The molecule has 0 aliphatic heterocycles. The van der Waals surface area contributed by atoms with Gasteiger partial charge in [0.1, 0.15) is 5.82 Å². The largest absolute Gasteiger partial charge is 0.295 e. The lowest BCUT2D eigenvalue weighted by atomic mass is 10.3. The van der Waals surface area contributed by atoms with Gasteiger partial charge in [0.2, 0.25) is 0 Å². The van der Waals surface area contributed by atoms with E-state index in [4.69, 9.17) is 16.6 Å². The summed E-state index contributed by atoms with van der Waals surface area (Å²) in [5.74, 6) is 1.62. The fourth-order valence-corrected chi connectivity index (χ4v) is 3.29. The number of aromatic nitrogens is 2. The van der Waals surface area contributed by atoms with E-state index >= 15 is 0 Å². The zero-order valence-corrected chi connectivity index (χ0v) is 13.2. The maximum Gasteiger partial charge on any atom is 0.115 e. The Balaban J connectivity index is 2.28. The molecule has 0 saturated carbocycles. The molecule has 92 valence electrons. The summed E-state index contributed by atoms with van der Waals surface area (Å²) in [6.45, 7) is 0. The number of hydrogen-bond acceptors (Lipinski definition) is 2. The van der Waals surface area contributed by atoms with E-state index in [-0.39, 0.29) is 0 Å². The molecule has 3 aromatic rings. The minimum absolute atomic E-state index is 0.588. The molecule has 0 atom stereocenters. The van der Waals surface area contributed by atoms with E-state index in [2.05, 4.69) is 62.2 Å². The van der Waals surface area contributed by atoms with Crippen LogP contribution in [-0.2, 0) is 6.42 Å². The van der Waals surface area contributed by atoms with Crippen molar-refractivity contribution in [2.24, 2.45) is 0 Å². The molecule has 2 heterocycles. The Morgan fingerprint density at radius 3 is 2.94 bits per heavy atom. The average molecular weight is 389 g/mol. The molecule has 18 heavy (non-hydrogen) atoms. The van der Waals surface area contributed by atoms with Crippen LogP contribution in [0.4, 0.5) is 0 Å². The number of thiophene rings is 1. The highest BCUT2D eigenvalue weighted by Gasteiger charge is 2.12. The molecule has 0 fully saturated rings. The van der Waals surface area contributed by atoms with Gasteiger partial charge in [0.25, 0.3) is 0 Å². The minimum Gasteiger partial charge on any atom is -0.295 e. The fourth-order valence-electron chi connectivity index (χ4n) is 2.03. The maximum absolute atomic E-state index is 5.88. The molecule has 0 N–H and O–H groups in total. The normalized spacial score (nSPS) is 11.2. The Hall–Kier alpha value is -0.590. The summed E-state index contributed by atoms with van der Waals surface area (Å²) in [5, 5.41) is 4.22. The summed E-state index contributed by atoms with van der Waals surface area (Å²) in [6.07, 6.45) is 0.780. The predicted molar refractivity (Wildman–Crippen MR) is 86.1 cm³/mol. The quantitative estimate of drug-likeness (QED) is 0.478. The Bertz CT molecular complexity index is 676. The summed E-state index contributed by atoms with van der Waals surface area (Å²) >= 11 is 9.88. The van der Waals surface area contributed by atoms with E-state index < -0.39 is 0 Å². The summed E-state index contributed by atoms with van der Waals surface area (Å²) in [7, 11) is 0. The van der Waals surface area contributed by atoms with Gasteiger partial charge in [-0.1, -0.05) is 0 Å². The van der Waals surface area contributed by atoms with Crippen LogP contribution in [0, 0.1) is 3.57 Å². The maximum atomic E-state index is 5.88. The topological polar surface area (TPSA) is 17.8 Å². The van der Waals surface area contributed by atoms with Gasteiger partial charge in [-0.15, -0.1) is 11.6 Å². The first-order valence-electron chi connectivity index (χ1n) is 5.55. The van der Waals surface area contributed by atoms with Crippen LogP contribution in [0.3, 0.4) is 0 Å². The number of imidazole rings is 1. The van der Waals surface area contributed by atoms with Crippen LogP contribution in [0.25, 0.3) is 16.7 Å². The van der Waals surface area contributed by atoms with Crippen molar-refractivity contribution in [3.8, 4) is 5.69 Å². The summed E-state index contributed by atoms with van der Waals surface area (Å²) < 4.78 is 3.40. The Labute approximate surface area is 128 Å². The van der Waals surface area contributed by atoms with Crippen molar-refractivity contribution in [3.63, 3.8) is 0 Å². The van der Waals surface area contributed by atoms with E-state index in [1.165, 1.54) is 9.26 Å². The lowest BCUT2D eigenvalue weighted by molar-refractivity contribution is 0.915. The average Bonchev–Trinajstić information content (AvgIpc) is 2.95. The highest BCUT2D eigenvalue weighted by Crippen LogP contribution is 2.25. The number of halogens is 2. The Morgan fingerprint density at radius 2 is 2.22 bits per heavy atom. The van der Waals surface area contributed by atoms with Crippen LogP contribution in [-0.4, -0.2) is 15.4 Å². The minimum atomic E-state index is 0.588. The van der Waals surface area contributed by atoms with Crippen LogP contribution in [0.5, 0.6) is 0 Å². The van der Waals surface area contributed by atoms with E-state index in [1.807, 2.05) is 0 Å². The van der Waals surface area contributed by atoms with Crippen LogP contribution < -0.4 is 0 Å². The molecule has 1 aromatic carbocycles. The highest BCUT2D eigenvalue weighted by atomic mass is 127. The predicted octanol–water partition coefficient (Wildman–Crippen LogP) is 4.47. The first-order valence-corrected chi connectivity index (χ1v) is 8.10. The van der Waals surface area contributed by atoms with Crippen molar-refractivity contribution in [2.75, 3.05) is 5.88 Å². The molecule has 2 nitrogen and oxygen atoms in total. The molecule has 2 aromatic heterocycles. The molecule has 0 saturated heterocycles. The van der Waals surface area contributed by atoms with Gasteiger partial charge in [-0.25, -0.2) is 4.98 Å². The lowest BCUT2D eigenvalue weighted by Crippen LogP contribution is -2.00. The number of fused-ring (bicyclic) bond motifs is 1. The third-order valence-corrected chi connectivity index (χ3v) is 4.30.